The molecule has 0 saturated heterocycles. The monoisotopic (exact) mass is 419 g/mol. The minimum absolute atomic E-state index is 0.152. The lowest BCUT2D eigenvalue weighted by Crippen LogP contribution is -2.30. The van der Waals surface area contributed by atoms with Crippen molar-refractivity contribution in [3.63, 3.8) is 0 Å². The van der Waals surface area contributed by atoms with Crippen LogP contribution in [0.15, 0.2) is 60.9 Å². The molecule has 0 aliphatic carbocycles. The highest BCUT2D eigenvalue weighted by atomic mass is 32.1. The van der Waals surface area contributed by atoms with Crippen LogP contribution in [0.4, 0.5) is 5.13 Å². The Balaban J connectivity index is 1.55. The van der Waals surface area contributed by atoms with Crippen molar-refractivity contribution in [2.24, 2.45) is 0 Å². The number of amides is 1. The van der Waals surface area contributed by atoms with Crippen molar-refractivity contribution < 1.29 is 19.0 Å². The lowest BCUT2D eigenvalue weighted by molar-refractivity contribution is 0.0985. The van der Waals surface area contributed by atoms with Crippen LogP contribution in [-0.4, -0.2) is 29.8 Å². The first-order valence-electron chi connectivity index (χ1n) is 9.26. The summed E-state index contributed by atoms with van der Waals surface area (Å²) >= 11 is 1.43. The number of rotatable bonds is 5. The quantitative estimate of drug-likeness (QED) is 0.481. The van der Waals surface area contributed by atoms with E-state index in [0.717, 1.165) is 15.8 Å². The topological polar surface area (TPSA) is 73.8 Å². The van der Waals surface area contributed by atoms with Gasteiger partial charge >= 0.3 is 0 Å². The number of fused-ring (bicyclic) bond motifs is 2. The van der Waals surface area contributed by atoms with Gasteiger partial charge in [0.1, 0.15) is 5.75 Å². The second-order valence-electron chi connectivity index (χ2n) is 6.65. The molecule has 0 N–H and O–H groups in total. The number of hydrogen-bond acceptors (Lipinski definition) is 7. The van der Waals surface area contributed by atoms with E-state index in [1.807, 2.05) is 24.3 Å². The molecule has 0 bridgehead atoms. The lowest BCUT2D eigenvalue weighted by Gasteiger charge is -2.20. The van der Waals surface area contributed by atoms with E-state index in [1.54, 1.807) is 48.7 Å². The van der Waals surface area contributed by atoms with Crippen molar-refractivity contribution in [1.82, 2.24) is 9.97 Å². The third-order valence-electron chi connectivity index (χ3n) is 4.75. The Morgan fingerprint density at radius 2 is 1.97 bits per heavy atom. The van der Waals surface area contributed by atoms with Gasteiger partial charge in [-0.2, -0.15) is 0 Å². The summed E-state index contributed by atoms with van der Waals surface area (Å²) in [6.45, 7) is 0.563. The van der Waals surface area contributed by atoms with Gasteiger partial charge in [-0.05, 0) is 35.9 Å². The number of carbonyl (C=O) groups excluding carboxylic acids is 1. The van der Waals surface area contributed by atoms with Gasteiger partial charge in [0, 0.05) is 30.1 Å². The SMILES string of the molecule is COc1ccc(C(=O)N(Cc2cccnc2)c2nc3cc4c(cc3s2)OCO4)cc1. The van der Waals surface area contributed by atoms with Crippen LogP contribution in [0.25, 0.3) is 10.2 Å². The summed E-state index contributed by atoms with van der Waals surface area (Å²) in [6, 6.07) is 14.6. The second kappa shape index (κ2) is 7.64. The van der Waals surface area contributed by atoms with E-state index in [2.05, 4.69) is 4.98 Å². The number of benzene rings is 2. The Morgan fingerprint density at radius 3 is 2.70 bits per heavy atom. The smallest absolute Gasteiger partial charge is 0.260 e. The molecule has 0 radical (unpaired) electrons. The molecule has 0 saturated carbocycles. The van der Waals surface area contributed by atoms with Crippen molar-refractivity contribution in [3.05, 3.63) is 72.1 Å². The number of nitrogens with zero attached hydrogens (tertiary/aromatic N) is 3. The highest BCUT2D eigenvalue weighted by Crippen LogP contribution is 2.40. The fourth-order valence-corrected chi connectivity index (χ4v) is 4.18. The van der Waals surface area contributed by atoms with E-state index in [-0.39, 0.29) is 12.7 Å². The standard InChI is InChI=1S/C22H17N3O4S/c1-27-16-6-4-15(5-7-16)21(26)25(12-14-3-2-8-23-11-14)22-24-17-9-18-19(29-13-28-18)10-20(17)30-22/h2-11H,12-13H2,1H3. The van der Waals surface area contributed by atoms with Crippen molar-refractivity contribution in [3.8, 4) is 17.2 Å². The molecule has 0 atom stereocenters. The molecule has 1 amide bonds. The van der Waals surface area contributed by atoms with E-state index in [1.165, 1.54) is 11.3 Å². The third-order valence-corrected chi connectivity index (χ3v) is 5.79. The van der Waals surface area contributed by atoms with Crippen LogP contribution >= 0.6 is 11.3 Å². The number of ether oxygens (including phenoxy) is 3. The van der Waals surface area contributed by atoms with Gasteiger partial charge < -0.3 is 14.2 Å². The molecule has 3 heterocycles. The Kier molecular flexibility index (Phi) is 4.68. The number of methoxy groups -OCH3 is 1. The van der Waals surface area contributed by atoms with Crippen molar-refractivity contribution in [2.45, 2.75) is 6.54 Å². The summed E-state index contributed by atoms with van der Waals surface area (Å²) in [4.78, 5) is 23.9. The Labute approximate surface area is 176 Å². The van der Waals surface area contributed by atoms with Crippen LogP contribution in [0.1, 0.15) is 15.9 Å². The maximum Gasteiger partial charge on any atom is 0.260 e. The summed E-state index contributed by atoms with van der Waals surface area (Å²) < 4.78 is 17.0. The molecule has 2 aromatic carbocycles. The molecular weight excluding hydrogens is 402 g/mol. The summed E-state index contributed by atoms with van der Waals surface area (Å²) in [6.07, 6.45) is 3.45. The molecule has 0 unspecified atom stereocenters. The minimum atomic E-state index is -0.152. The zero-order chi connectivity index (χ0) is 20.5. The summed E-state index contributed by atoms with van der Waals surface area (Å²) in [5.74, 6) is 1.90. The van der Waals surface area contributed by atoms with Crippen LogP contribution in [0.3, 0.4) is 0 Å². The summed E-state index contributed by atoms with van der Waals surface area (Å²) in [5, 5.41) is 0.596. The Bertz CT molecular complexity index is 1170. The molecule has 2 aromatic heterocycles. The summed E-state index contributed by atoms with van der Waals surface area (Å²) in [7, 11) is 1.59. The maximum atomic E-state index is 13.4. The van der Waals surface area contributed by atoms with Crippen LogP contribution in [0, 0.1) is 0 Å². The Hall–Kier alpha value is -3.65. The van der Waals surface area contributed by atoms with Crippen molar-refractivity contribution in [1.29, 1.82) is 0 Å². The van der Waals surface area contributed by atoms with Crippen LogP contribution in [-0.2, 0) is 6.54 Å². The highest BCUT2D eigenvalue weighted by Gasteiger charge is 2.24. The first-order chi connectivity index (χ1) is 14.7. The molecule has 8 heteroatoms. The van der Waals surface area contributed by atoms with E-state index >= 15 is 0 Å². The van der Waals surface area contributed by atoms with Gasteiger partial charge in [-0.1, -0.05) is 17.4 Å². The average molecular weight is 419 g/mol. The molecule has 0 fully saturated rings. The highest BCUT2D eigenvalue weighted by molar-refractivity contribution is 7.22. The van der Waals surface area contributed by atoms with Gasteiger partial charge in [-0.25, -0.2) is 4.98 Å². The number of anilines is 1. The van der Waals surface area contributed by atoms with E-state index in [9.17, 15) is 4.79 Å². The zero-order valence-electron chi connectivity index (χ0n) is 16.1. The van der Waals surface area contributed by atoms with Gasteiger partial charge in [0.15, 0.2) is 16.6 Å². The molecule has 0 spiro atoms. The fourth-order valence-electron chi connectivity index (χ4n) is 3.21. The first-order valence-corrected chi connectivity index (χ1v) is 10.1. The molecular formula is C22H17N3O4S. The van der Waals surface area contributed by atoms with E-state index in [0.29, 0.717) is 34.5 Å². The predicted molar refractivity (Wildman–Crippen MR) is 113 cm³/mol. The van der Waals surface area contributed by atoms with E-state index < -0.39 is 0 Å². The Morgan fingerprint density at radius 1 is 1.17 bits per heavy atom. The lowest BCUT2D eigenvalue weighted by atomic mass is 10.2. The fraction of sp³-hybridized carbons (Fsp3) is 0.136. The normalized spacial score (nSPS) is 12.2. The van der Waals surface area contributed by atoms with E-state index in [4.69, 9.17) is 19.2 Å². The number of hydrogen-bond donors (Lipinski definition) is 0. The summed E-state index contributed by atoms with van der Waals surface area (Å²) in [5.41, 5.74) is 2.22. The molecule has 150 valence electrons. The maximum absolute atomic E-state index is 13.4. The van der Waals surface area contributed by atoms with Gasteiger partial charge in [0.05, 0.1) is 23.9 Å². The number of pyridine rings is 1. The van der Waals surface area contributed by atoms with Crippen molar-refractivity contribution in [2.75, 3.05) is 18.8 Å². The van der Waals surface area contributed by atoms with Crippen LogP contribution in [0.5, 0.6) is 17.2 Å². The first kappa shape index (κ1) is 18.4. The predicted octanol–water partition coefficient (Wildman–Crippen LogP) is 4.28. The average Bonchev–Trinajstić information content (AvgIpc) is 3.42. The molecule has 4 aromatic rings. The molecule has 1 aliphatic rings. The van der Waals surface area contributed by atoms with Crippen LogP contribution in [0.2, 0.25) is 0 Å². The van der Waals surface area contributed by atoms with Gasteiger partial charge in [-0.15, -0.1) is 0 Å². The number of aromatic nitrogens is 2. The molecule has 1 aliphatic heterocycles. The molecule has 5 rings (SSSR count). The number of thiazole rings is 1. The largest absolute Gasteiger partial charge is 0.497 e. The second-order valence-corrected chi connectivity index (χ2v) is 7.66. The zero-order valence-corrected chi connectivity index (χ0v) is 16.9. The van der Waals surface area contributed by atoms with Crippen LogP contribution < -0.4 is 19.1 Å². The minimum Gasteiger partial charge on any atom is -0.497 e. The molecule has 7 nitrogen and oxygen atoms in total. The molecule has 30 heavy (non-hydrogen) atoms. The van der Waals surface area contributed by atoms with Gasteiger partial charge in [-0.3, -0.25) is 14.7 Å². The third kappa shape index (κ3) is 3.42. The van der Waals surface area contributed by atoms with Gasteiger partial charge in [0.25, 0.3) is 5.91 Å². The number of carbonyl (C=O) groups is 1. The van der Waals surface area contributed by atoms with Crippen molar-refractivity contribution >= 4 is 32.6 Å². The van der Waals surface area contributed by atoms with Gasteiger partial charge in [0.2, 0.25) is 6.79 Å².